The molecular weight excluding hydrogens is 283 g/mol. The van der Waals surface area contributed by atoms with E-state index in [1.807, 2.05) is 0 Å². The van der Waals surface area contributed by atoms with Crippen molar-refractivity contribution in [1.29, 1.82) is 0 Å². The highest BCUT2D eigenvalue weighted by Crippen LogP contribution is 2.19. The van der Waals surface area contributed by atoms with E-state index in [2.05, 4.69) is 26.8 Å². The number of hydrogen-bond acceptors (Lipinski definition) is 2. The van der Waals surface area contributed by atoms with Gasteiger partial charge in [0.2, 0.25) is 5.91 Å². The summed E-state index contributed by atoms with van der Waals surface area (Å²) in [4.78, 5) is 22.0. The average Bonchev–Trinajstić information content (AvgIpc) is 2.12. The van der Waals surface area contributed by atoms with Gasteiger partial charge in [0.25, 0.3) is 5.91 Å². The number of nitrogens with one attached hydrogen (secondary N) is 2. The molecule has 6 heteroatoms. The third-order valence-electron chi connectivity index (χ3n) is 1.48. The Morgan fingerprint density at radius 1 is 1.27 bits per heavy atom. The summed E-state index contributed by atoms with van der Waals surface area (Å²) in [5.41, 5.74) is 4.78. The first-order chi connectivity index (χ1) is 6.99. The minimum atomic E-state index is -0.423. The lowest BCUT2D eigenvalue weighted by molar-refractivity contribution is -0.119. The summed E-state index contributed by atoms with van der Waals surface area (Å²) < 4.78 is 0.697. The van der Waals surface area contributed by atoms with Crippen molar-refractivity contribution >= 4 is 39.3 Å². The Kier molecular flexibility index (Phi) is 4.11. The van der Waals surface area contributed by atoms with Crippen LogP contribution in [0.2, 0.25) is 5.02 Å². The number of benzene rings is 1. The molecule has 0 saturated carbocycles. The summed E-state index contributed by atoms with van der Waals surface area (Å²) in [6.07, 6.45) is 0. The first-order valence-corrected chi connectivity index (χ1v) is 5.19. The molecule has 0 aliphatic carbocycles. The quantitative estimate of drug-likeness (QED) is 0.776. The Bertz CT molecular complexity index is 389. The van der Waals surface area contributed by atoms with Gasteiger partial charge < -0.3 is 0 Å². The van der Waals surface area contributed by atoms with Gasteiger partial charge in [0.05, 0.1) is 0 Å². The van der Waals surface area contributed by atoms with E-state index in [1.54, 1.807) is 12.1 Å². The highest BCUT2D eigenvalue weighted by Gasteiger charge is 2.07. The molecule has 0 bridgehead atoms. The molecule has 1 rings (SSSR count). The third-order valence-corrected chi connectivity index (χ3v) is 2.15. The molecule has 0 atom stereocenters. The van der Waals surface area contributed by atoms with Crippen molar-refractivity contribution in [1.82, 2.24) is 10.9 Å². The van der Waals surface area contributed by atoms with Crippen LogP contribution in [0.5, 0.6) is 0 Å². The normalized spacial score (nSPS) is 9.53. The second-order valence-electron chi connectivity index (χ2n) is 2.79. The number of hydrogen-bond donors (Lipinski definition) is 2. The summed E-state index contributed by atoms with van der Waals surface area (Å²) in [6, 6.07) is 4.77. The van der Waals surface area contributed by atoms with Gasteiger partial charge in [-0.1, -0.05) is 27.5 Å². The van der Waals surface area contributed by atoms with Crippen LogP contribution in [0.1, 0.15) is 17.3 Å². The lowest BCUT2D eigenvalue weighted by atomic mass is 10.2. The maximum Gasteiger partial charge on any atom is 0.269 e. The minimum absolute atomic E-state index is 0.343. The summed E-state index contributed by atoms with van der Waals surface area (Å²) in [5.74, 6) is -0.766. The molecule has 0 aromatic heterocycles. The molecule has 0 saturated heterocycles. The van der Waals surface area contributed by atoms with Crippen LogP contribution < -0.4 is 10.9 Å². The molecule has 0 unspecified atom stereocenters. The fourth-order valence-corrected chi connectivity index (χ4v) is 1.76. The minimum Gasteiger partial charge on any atom is -0.274 e. The lowest BCUT2D eigenvalue weighted by Gasteiger charge is -2.05. The predicted molar refractivity (Wildman–Crippen MR) is 60.4 cm³/mol. The van der Waals surface area contributed by atoms with Gasteiger partial charge in [0.1, 0.15) is 0 Å². The van der Waals surface area contributed by atoms with Crippen molar-refractivity contribution < 1.29 is 9.59 Å². The van der Waals surface area contributed by atoms with Crippen molar-refractivity contribution in [3.8, 4) is 0 Å². The van der Waals surface area contributed by atoms with Gasteiger partial charge >= 0.3 is 0 Å². The maximum atomic E-state index is 11.4. The Morgan fingerprint density at radius 2 is 1.93 bits per heavy atom. The van der Waals surface area contributed by atoms with Crippen molar-refractivity contribution in [3.63, 3.8) is 0 Å². The van der Waals surface area contributed by atoms with E-state index in [1.165, 1.54) is 13.0 Å². The van der Waals surface area contributed by atoms with Crippen molar-refractivity contribution in [3.05, 3.63) is 33.3 Å². The Hall–Kier alpha value is -1.07. The average molecular weight is 292 g/mol. The Labute approximate surface area is 100 Å². The number of amides is 2. The number of halogens is 2. The van der Waals surface area contributed by atoms with Crippen molar-refractivity contribution in [2.75, 3.05) is 0 Å². The van der Waals surface area contributed by atoms with Crippen LogP contribution >= 0.6 is 27.5 Å². The molecule has 0 aliphatic heterocycles. The molecule has 2 N–H and O–H groups in total. The Balaban J connectivity index is 2.77. The molecule has 80 valence electrons. The fraction of sp³-hybridized carbons (Fsp3) is 0.111. The zero-order valence-electron chi connectivity index (χ0n) is 7.80. The van der Waals surface area contributed by atoms with E-state index in [4.69, 9.17) is 11.6 Å². The standard InChI is InChI=1S/C9H8BrClN2O2/c1-5(14)12-13-9(15)6-2-7(10)4-8(11)3-6/h2-4H,1H3,(H,12,14)(H,13,15). The second-order valence-corrected chi connectivity index (χ2v) is 4.15. The monoisotopic (exact) mass is 290 g/mol. The van der Waals surface area contributed by atoms with Gasteiger partial charge in [-0.25, -0.2) is 0 Å². The van der Waals surface area contributed by atoms with Crippen LogP contribution in [0.4, 0.5) is 0 Å². The van der Waals surface area contributed by atoms with Crippen LogP contribution in [0.25, 0.3) is 0 Å². The van der Waals surface area contributed by atoms with E-state index in [0.29, 0.717) is 15.1 Å². The molecule has 1 aromatic rings. The van der Waals surface area contributed by atoms with Gasteiger partial charge in [-0.2, -0.15) is 0 Å². The van der Waals surface area contributed by atoms with E-state index in [0.717, 1.165) is 0 Å². The lowest BCUT2D eigenvalue weighted by Crippen LogP contribution is -2.40. The van der Waals surface area contributed by atoms with Crippen LogP contribution in [0.15, 0.2) is 22.7 Å². The molecule has 0 heterocycles. The molecule has 0 radical (unpaired) electrons. The van der Waals surface area contributed by atoms with E-state index in [9.17, 15) is 9.59 Å². The smallest absolute Gasteiger partial charge is 0.269 e. The van der Waals surface area contributed by atoms with Crippen molar-refractivity contribution in [2.45, 2.75) is 6.92 Å². The molecule has 0 aliphatic rings. The first-order valence-electron chi connectivity index (χ1n) is 4.02. The predicted octanol–water partition coefficient (Wildman–Crippen LogP) is 1.88. The highest BCUT2D eigenvalue weighted by atomic mass is 79.9. The molecule has 0 spiro atoms. The molecule has 4 nitrogen and oxygen atoms in total. The van der Waals surface area contributed by atoms with Gasteiger partial charge in [-0.15, -0.1) is 0 Å². The SMILES string of the molecule is CC(=O)NNC(=O)c1cc(Cl)cc(Br)c1. The molecular formula is C9H8BrClN2O2. The van der Waals surface area contributed by atoms with E-state index >= 15 is 0 Å². The maximum absolute atomic E-state index is 11.4. The van der Waals surface area contributed by atoms with Gasteiger partial charge in [-0.3, -0.25) is 20.4 Å². The largest absolute Gasteiger partial charge is 0.274 e. The molecule has 15 heavy (non-hydrogen) atoms. The number of hydrazine groups is 1. The van der Waals surface area contributed by atoms with E-state index < -0.39 is 5.91 Å². The summed E-state index contributed by atoms with van der Waals surface area (Å²) in [6.45, 7) is 1.30. The third kappa shape index (κ3) is 3.89. The van der Waals surface area contributed by atoms with Gasteiger partial charge in [0.15, 0.2) is 0 Å². The number of carbonyl (C=O) groups excluding carboxylic acids is 2. The summed E-state index contributed by atoms with van der Waals surface area (Å²) >= 11 is 8.97. The van der Waals surface area contributed by atoms with Crippen LogP contribution in [-0.2, 0) is 4.79 Å². The summed E-state index contributed by atoms with van der Waals surface area (Å²) in [5, 5.41) is 0.442. The van der Waals surface area contributed by atoms with Crippen LogP contribution in [-0.4, -0.2) is 11.8 Å². The first kappa shape index (κ1) is 12.0. The molecule has 2 amide bonds. The van der Waals surface area contributed by atoms with Crippen LogP contribution in [0, 0.1) is 0 Å². The highest BCUT2D eigenvalue weighted by molar-refractivity contribution is 9.10. The topological polar surface area (TPSA) is 58.2 Å². The molecule has 1 aromatic carbocycles. The zero-order valence-corrected chi connectivity index (χ0v) is 10.1. The zero-order chi connectivity index (χ0) is 11.4. The summed E-state index contributed by atoms with van der Waals surface area (Å²) in [7, 11) is 0. The Morgan fingerprint density at radius 3 is 2.47 bits per heavy atom. The number of rotatable bonds is 1. The fourth-order valence-electron chi connectivity index (χ4n) is 0.902. The van der Waals surface area contributed by atoms with Crippen LogP contribution in [0.3, 0.4) is 0 Å². The van der Waals surface area contributed by atoms with Crippen molar-refractivity contribution in [2.24, 2.45) is 0 Å². The van der Waals surface area contributed by atoms with E-state index in [-0.39, 0.29) is 5.91 Å². The number of carbonyl (C=O) groups is 2. The molecule has 0 fully saturated rings. The second kappa shape index (κ2) is 5.14. The van der Waals surface area contributed by atoms with Gasteiger partial charge in [0, 0.05) is 22.0 Å². The van der Waals surface area contributed by atoms with Gasteiger partial charge in [-0.05, 0) is 18.2 Å².